The van der Waals surface area contributed by atoms with Gasteiger partial charge in [-0.1, -0.05) is 6.58 Å². The monoisotopic (exact) mass is 295 g/mol. The molecule has 1 rings (SSSR count). The third kappa shape index (κ3) is 4.79. The van der Waals surface area contributed by atoms with Crippen LogP contribution >= 0.6 is 11.8 Å². The molecule has 20 heavy (non-hydrogen) atoms. The molecule has 0 saturated heterocycles. The highest BCUT2D eigenvalue weighted by atomic mass is 32.2. The molecule has 0 unspecified atom stereocenters. The maximum Gasteiger partial charge on any atom is 0.247 e. The van der Waals surface area contributed by atoms with Gasteiger partial charge in [-0.15, -0.1) is 11.8 Å². The van der Waals surface area contributed by atoms with Crippen LogP contribution < -0.4 is 15.8 Å². The molecular formula is C14H21N3O2S. The van der Waals surface area contributed by atoms with Gasteiger partial charge in [-0.05, 0) is 32.3 Å². The number of rotatable bonds is 7. The molecule has 0 aliphatic carbocycles. The van der Waals surface area contributed by atoms with Crippen molar-refractivity contribution >= 4 is 29.0 Å². The number of anilines is 2. The van der Waals surface area contributed by atoms with E-state index in [1.807, 2.05) is 20.2 Å². The molecule has 3 N–H and O–H groups in total. The highest BCUT2D eigenvalue weighted by Gasteiger charge is 2.11. The van der Waals surface area contributed by atoms with Crippen LogP contribution in [0.25, 0.3) is 0 Å². The topological polar surface area (TPSA) is 67.6 Å². The van der Waals surface area contributed by atoms with E-state index in [1.54, 1.807) is 24.9 Å². The summed E-state index contributed by atoms with van der Waals surface area (Å²) < 4.78 is 5.22. The summed E-state index contributed by atoms with van der Waals surface area (Å²) in [6, 6.07) is 3.55. The van der Waals surface area contributed by atoms with Crippen LogP contribution in [0.5, 0.6) is 5.75 Å². The fraction of sp³-hybridized carbons (Fsp3) is 0.357. The number of hydrogen-bond donors (Lipinski definition) is 2. The average Bonchev–Trinajstić information content (AvgIpc) is 2.40. The van der Waals surface area contributed by atoms with Crippen molar-refractivity contribution in [3.05, 3.63) is 24.8 Å². The number of methoxy groups -OCH3 is 1. The van der Waals surface area contributed by atoms with Gasteiger partial charge in [-0.2, -0.15) is 0 Å². The Morgan fingerprint density at radius 2 is 2.25 bits per heavy atom. The van der Waals surface area contributed by atoms with E-state index in [4.69, 9.17) is 10.5 Å². The molecule has 0 saturated carbocycles. The maximum absolute atomic E-state index is 11.5. The SMILES string of the molecule is C=CC(=O)Nc1cc(N)c(OC)cc1SCCN(C)C. The third-order valence-corrected chi connectivity index (χ3v) is 3.61. The number of nitrogens with two attached hydrogens (primary N) is 1. The second kappa shape index (κ2) is 7.81. The summed E-state index contributed by atoms with van der Waals surface area (Å²) in [5.41, 5.74) is 7.04. The number of amides is 1. The van der Waals surface area contributed by atoms with Gasteiger partial charge in [-0.3, -0.25) is 4.79 Å². The minimum Gasteiger partial charge on any atom is -0.495 e. The molecule has 110 valence electrons. The number of nitrogens with one attached hydrogen (secondary N) is 1. The van der Waals surface area contributed by atoms with E-state index < -0.39 is 0 Å². The van der Waals surface area contributed by atoms with E-state index in [9.17, 15) is 4.79 Å². The Balaban J connectivity index is 2.96. The first-order valence-corrected chi connectivity index (χ1v) is 7.15. The number of carbonyl (C=O) groups excluding carboxylic acids is 1. The lowest BCUT2D eigenvalue weighted by Gasteiger charge is -2.15. The molecule has 5 nitrogen and oxygen atoms in total. The first-order valence-electron chi connectivity index (χ1n) is 6.16. The molecule has 1 aromatic rings. The van der Waals surface area contributed by atoms with Crippen LogP contribution in [0.2, 0.25) is 0 Å². The van der Waals surface area contributed by atoms with Crippen LogP contribution in [0, 0.1) is 0 Å². The number of carbonyl (C=O) groups is 1. The van der Waals surface area contributed by atoms with Gasteiger partial charge in [0.25, 0.3) is 0 Å². The van der Waals surface area contributed by atoms with Crippen molar-refractivity contribution < 1.29 is 9.53 Å². The second-order valence-electron chi connectivity index (χ2n) is 4.44. The van der Waals surface area contributed by atoms with Crippen molar-refractivity contribution in [1.82, 2.24) is 4.90 Å². The van der Waals surface area contributed by atoms with Crippen LogP contribution in [0.3, 0.4) is 0 Å². The van der Waals surface area contributed by atoms with Crippen molar-refractivity contribution in [3.63, 3.8) is 0 Å². The van der Waals surface area contributed by atoms with E-state index in [0.29, 0.717) is 17.1 Å². The first kappa shape index (κ1) is 16.4. The fourth-order valence-electron chi connectivity index (χ4n) is 1.49. The van der Waals surface area contributed by atoms with Crippen LogP contribution in [-0.4, -0.2) is 44.3 Å². The largest absolute Gasteiger partial charge is 0.495 e. The van der Waals surface area contributed by atoms with Crippen LogP contribution in [0.15, 0.2) is 29.7 Å². The van der Waals surface area contributed by atoms with Gasteiger partial charge in [0.15, 0.2) is 0 Å². The number of ether oxygens (including phenoxy) is 1. The van der Waals surface area contributed by atoms with Gasteiger partial charge >= 0.3 is 0 Å². The van der Waals surface area contributed by atoms with E-state index >= 15 is 0 Å². The van der Waals surface area contributed by atoms with Crippen molar-refractivity contribution in [2.24, 2.45) is 0 Å². The highest BCUT2D eigenvalue weighted by molar-refractivity contribution is 7.99. The highest BCUT2D eigenvalue weighted by Crippen LogP contribution is 2.35. The Labute approximate surface area is 124 Å². The van der Waals surface area contributed by atoms with Crippen LogP contribution in [0.1, 0.15) is 0 Å². The van der Waals surface area contributed by atoms with E-state index in [1.165, 1.54) is 6.08 Å². The smallest absolute Gasteiger partial charge is 0.247 e. The molecule has 0 atom stereocenters. The Morgan fingerprint density at radius 3 is 2.80 bits per heavy atom. The van der Waals surface area contributed by atoms with E-state index in [-0.39, 0.29) is 5.91 Å². The van der Waals surface area contributed by atoms with Crippen molar-refractivity contribution in [2.75, 3.05) is 44.6 Å². The molecular weight excluding hydrogens is 274 g/mol. The van der Waals surface area contributed by atoms with Crippen LogP contribution in [0.4, 0.5) is 11.4 Å². The molecule has 0 aliphatic heterocycles. The zero-order valence-corrected chi connectivity index (χ0v) is 12.9. The predicted octanol–water partition coefficient (Wildman–Crippen LogP) is 2.06. The number of benzene rings is 1. The Hall–Kier alpha value is -1.66. The molecule has 0 aromatic heterocycles. The molecule has 1 aromatic carbocycles. The maximum atomic E-state index is 11.5. The zero-order valence-electron chi connectivity index (χ0n) is 12.1. The summed E-state index contributed by atoms with van der Waals surface area (Å²) in [5.74, 6) is 1.25. The van der Waals surface area contributed by atoms with Gasteiger partial charge in [0, 0.05) is 17.2 Å². The fourth-order valence-corrected chi connectivity index (χ4v) is 2.63. The van der Waals surface area contributed by atoms with Gasteiger partial charge in [-0.25, -0.2) is 0 Å². The minimum absolute atomic E-state index is 0.260. The molecule has 0 bridgehead atoms. The lowest BCUT2D eigenvalue weighted by atomic mass is 10.2. The van der Waals surface area contributed by atoms with Gasteiger partial charge < -0.3 is 20.7 Å². The molecule has 0 aliphatic rings. The van der Waals surface area contributed by atoms with Crippen molar-refractivity contribution in [1.29, 1.82) is 0 Å². The summed E-state index contributed by atoms with van der Waals surface area (Å²) in [6.07, 6.45) is 1.23. The lowest BCUT2D eigenvalue weighted by molar-refractivity contribution is -0.111. The Morgan fingerprint density at radius 1 is 1.55 bits per heavy atom. The molecule has 1 amide bonds. The molecule has 0 fully saturated rings. The standard InChI is InChI=1S/C14H21N3O2S/c1-5-14(18)16-11-8-10(15)12(19-4)9-13(11)20-7-6-17(2)3/h5,8-9H,1,6-7,15H2,2-4H3,(H,16,18). The molecule has 0 heterocycles. The van der Waals surface area contributed by atoms with Crippen molar-refractivity contribution in [2.45, 2.75) is 4.90 Å². The predicted molar refractivity (Wildman–Crippen MR) is 85.5 cm³/mol. The summed E-state index contributed by atoms with van der Waals surface area (Å²) in [5, 5.41) is 2.76. The number of nitrogens with zero attached hydrogens (tertiary/aromatic N) is 1. The second-order valence-corrected chi connectivity index (χ2v) is 5.57. The molecule has 6 heteroatoms. The number of nitrogen functional groups attached to an aromatic ring is 1. The van der Waals surface area contributed by atoms with E-state index in [0.717, 1.165) is 17.2 Å². The Bertz CT molecular complexity index is 490. The Kier molecular flexibility index (Phi) is 6.41. The summed E-state index contributed by atoms with van der Waals surface area (Å²) in [6.45, 7) is 4.38. The zero-order chi connectivity index (χ0) is 15.1. The molecule has 0 radical (unpaired) electrons. The summed E-state index contributed by atoms with van der Waals surface area (Å²) >= 11 is 1.64. The third-order valence-electron chi connectivity index (χ3n) is 2.57. The van der Waals surface area contributed by atoms with Crippen molar-refractivity contribution in [3.8, 4) is 5.75 Å². The average molecular weight is 295 g/mol. The van der Waals surface area contributed by atoms with E-state index in [2.05, 4.69) is 16.8 Å². The summed E-state index contributed by atoms with van der Waals surface area (Å²) in [7, 11) is 5.61. The van der Waals surface area contributed by atoms with Gasteiger partial charge in [0.05, 0.1) is 18.5 Å². The number of hydrogen-bond acceptors (Lipinski definition) is 5. The quantitative estimate of drug-likeness (QED) is 0.458. The van der Waals surface area contributed by atoms with Gasteiger partial charge in [0.2, 0.25) is 5.91 Å². The normalized spacial score (nSPS) is 10.4. The minimum atomic E-state index is -0.260. The first-order chi connectivity index (χ1) is 9.47. The van der Waals surface area contributed by atoms with Gasteiger partial charge in [0.1, 0.15) is 5.75 Å². The molecule has 0 spiro atoms. The number of thioether (sulfide) groups is 1. The van der Waals surface area contributed by atoms with Crippen LogP contribution in [-0.2, 0) is 4.79 Å². The lowest BCUT2D eigenvalue weighted by Crippen LogP contribution is -2.15. The summed E-state index contributed by atoms with van der Waals surface area (Å²) in [4.78, 5) is 14.5.